The summed E-state index contributed by atoms with van der Waals surface area (Å²) >= 11 is 1.78. The first-order valence-electron chi connectivity index (χ1n) is 8.49. The minimum absolute atomic E-state index is 0.364. The highest BCUT2D eigenvalue weighted by Gasteiger charge is 2.66. The molecule has 1 saturated heterocycles. The molecule has 116 valence electrons. The van der Waals surface area contributed by atoms with Crippen LogP contribution in [0.25, 0.3) is 10.2 Å². The van der Waals surface area contributed by atoms with Crippen molar-refractivity contribution in [2.75, 3.05) is 6.61 Å². The topological polar surface area (TPSA) is 34.1 Å². The normalized spacial score (nSPS) is 33.4. The number of hydrogen-bond acceptors (Lipinski definition) is 4. The predicted molar refractivity (Wildman–Crippen MR) is 89.1 cm³/mol. The summed E-state index contributed by atoms with van der Waals surface area (Å²) in [5, 5.41) is 6.06. The Morgan fingerprint density at radius 3 is 3.18 bits per heavy atom. The monoisotopic (exact) mass is 314 g/mol. The molecule has 3 fully saturated rings. The van der Waals surface area contributed by atoms with Gasteiger partial charge in [-0.25, -0.2) is 0 Å². The molecule has 0 aromatic carbocycles. The van der Waals surface area contributed by atoms with Crippen molar-refractivity contribution >= 4 is 21.6 Å². The van der Waals surface area contributed by atoms with Crippen molar-refractivity contribution in [3.63, 3.8) is 0 Å². The van der Waals surface area contributed by atoms with Crippen molar-refractivity contribution in [3.8, 4) is 0 Å². The summed E-state index contributed by atoms with van der Waals surface area (Å²) in [6.45, 7) is 3.25. The molecule has 0 amide bonds. The summed E-state index contributed by atoms with van der Waals surface area (Å²) in [5.74, 6) is 0.737. The van der Waals surface area contributed by atoms with Crippen LogP contribution >= 0.6 is 11.3 Å². The van der Waals surface area contributed by atoms with E-state index in [1.54, 1.807) is 11.3 Å². The maximum Gasteiger partial charge on any atom is 0.0809 e. The number of aromatic nitrogens is 1. The van der Waals surface area contributed by atoms with Crippen LogP contribution in [0.5, 0.6) is 0 Å². The van der Waals surface area contributed by atoms with Crippen LogP contribution in [0.4, 0.5) is 0 Å². The van der Waals surface area contributed by atoms with E-state index >= 15 is 0 Å². The van der Waals surface area contributed by atoms with Crippen molar-refractivity contribution in [1.29, 1.82) is 0 Å². The molecule has 3 nitrogen and oxygen atoms in total. The lowest BCUT2D eigenvalue weighted by molar-refractivity contribution is -0.178. The summed E-state index contributed by atoms with van der Waals surface area (Å²) in [6, 6.07) is 5.41. The summed E-state index contributed by atoms with van der Waals surface area (Å²) in [5.41, 5.74) is 2.88. The van der Waals surface area contributed by atoms with Crippen LogP contribution in [0, 0.1) is 11.3 Å². The number of ether oxygens (including phenoxy) is 1. The molecule has 2 saturated carbocycles. The number of nitrogens with one attached hydrogen (secondary N) is 1. The van der Waals surface area contributed by atoms with E-state index in [1.165, 1.54) is 35.9 Å². The summed E-state index contributed by atoms with van der Waals surface area (Å²) in [7, 11) is 0. The Morgan fingerprint density at radius 2 is 2.36 bits per heavy atom. The summed E-state index contributed by atoms with van der Waals surface area (Å²) in [6.07, 6.45) is 7.90. The molecule has 1 N–H and O–H groups in total. The average molecular weight is 314 g/mol. The van der Waals surface area contributed by atoms with Crippen LogP contribution in [0.1, 0.15) is 44.2 Å². The molecule has 3 heterocycles. The maximum absolute atomic E-state index is 6.02. The molecule has 2 aromatic heterocycles. The number of nitrogens with zero attached hydrogens (tertiary/aromatic N) is 1. The van der Waals surface area contributed by atoms with Crippen LogP contribution < -0.4 is 5.32 Å². The lowest BCUT2D eigenvalue weighted by Crippen LogP contribution is -2.71. The van der Waals surface area contributed by atoms with E-state index in [4.69, 9.17) is 4.74 Å². The second kappa shape index (κ2) is 4.76. The van der Waals surface area contributed by atoms with Crippen LogP contribution in [0.2, 0.25) is 0 Å². The van der Waals surface area contributed by atoms with Crippen molar-refractivity contribution in [1.82, 2.24) is 10.3 Å². The molecule has 4 heteroatoms. The van der Waals surface area contributed by atoms with Crippen LogP contribution in [-0.2, 0) is 4.74 Å². The van der Waals surface area contributed by atoms with Gasteiger partial charge in [0.15, 0.2) is 0 Å². The zero-order valence-corrected chi connectivity index (χ0v) is 13.7. The zero-order valence-electron chi connectivity index (χ0n) is 12.9. The Hall–Kier alpha value is -0.970. The van der Waals surface area contributed by atoms with E-state index in [-0.39, 0.29) is 0 Å². The van der Waals surface area contributed by atoms with Gasteiger partial charge in [0, 0.05) is 36.2 Å². The minimum atomic E-state index is 0.364. The highest BCUT2D eigenvalue weighted by Crippen LogP contribution is 2.63. The van der Waals surface area contributed by atoms with E-state index in [1.807, 2.05) is 6.20 Å². The van der Waals surface area contributed by atoms with Gasteiger partial charge in [-0.3, -0.25) is 4.98 Å². The molecule has 0 unspecified atom stereocenters. The molecule has 1 spiro atoms. The number of fused-ring (bicyclic) bond motifs is 3. The quantitative estimate of drug-likeness (QED) is 0.933. The molecule has 2 aromatic rings. The smallest absolute Gasteiger partial charge is 0.0809 e. The zero-order chi connectivity index (χ0) is 14.7. The maximum atomic E-state index is 6.02. The molecule has 3 aliphatic rings. The van der Waals surface area contributed by atoms with Gasteiger partial charge < -0.3 is 10.1 Å². The Bertz CT molecular complexity index is 708. The Kier molecular flexibility index (Phi) is 2.91. The fraction of sp³-hybridized carbons (Fsp3) is 0.611. The molecule has 1 aliphatic heterocycles. The van der Waals surface area contributed by atoms with Gasteiger partial charge in [-0.05, 0) is 49.3 Å². The van der Waals surface area contributed by atoms with Crippen molar-refractivity contribution in [2.24, 2.45) is 11.3 Å². The molecule has 22 heavy (non-hydrogen) atoms. The first-order chi connectivity index (χ1) is 10.8. The molecule has 0 bridgehead atoms. The standard InChI is InChI=1S/C18H22N2OS/c1-11(12-9-15-14(19-10-12)4-8-22-15)20-16-13-3-7-21-17(13)18(16)5-2-6-18/h4,8-11,13,16-17,20H,2-3,5-7H2,1H3/t11-,13-,16+,17-/m0/s1. The first-order valence-corrected chi connectivity index (χ1v) is 9.37. The Morgan fingerprint density at radius 1 is 1.45 bits per heavy atom. The van der Waals surface area contributed by atoms with Crippen LogP contribution in [0.15, 0.2) is 23.7 Å². The van der Waals surface area contributed by atoms with E-state index in [0.717, 1.165) is 18.0 Å². The second-order valence-electron chi connectivity index (χ2n) is 7.27. The van der Waals surface area contributed by atoms with E-state index < -0.39 is 0 Å². The van der Waals surface area contributed by atoms with Gasteiger partial charge in [0.05, 0.1) is 16.3 Å². The lowest BCUT2D eigenvalue weighted by Gasteiger charge is -2.64. The van der Waals surface area contributed by atoms with E-state index in [2.05, 4.69) is 34.7 Å². The van der Waals surface area contributed by atoms with Gasteiger partial charge in [-0.15, -0.1) is 11.3 Å². The third kappa shape index (κ3) is 1.72. The van der Waals surface area contributed by atoms with E-state index in [9.17, 15) is 0 Å². The van der Waals surface area contributed by atoms with Gasteiger partial charge in [0.25, 0.3) is 0 Å². The van der Waals surface area contributed by atoms with Crippen LogP contribution in [0.3, 0.4) is 0 Å². The first kappa shape index (κ1) is 13.5. The molecular weight excluding hydrogens is 292 g/mol. The number of rotatable bonds is 3. The highest BCUT2D eigenvalue weighted by atomic mass is 32.1. The SMILES string of the molecule is C[C@H](N[C@@H]1[C@@H]2CCO[C@@H]2C12CCC2)c1cnc2ccsc2c1. The molecule has 0 radical (unpaired) electrons. The summed E-state index contributed by atoms with van der Waals surface area (Å²) < 4.78 is 7.32. The lowest BCUT2D eigenvalue weighted by atomic mass is 9.46. The van der Waals surface area contributed by atoms with Gasteiger partial charge in [0.1, 0.15) is 0 Å². The Balaban J connectivity index is 1.38. The number of hydrogen-bond donors (Lipinski definition) is 1. The molecule has 5 rings (SSSR count). The molecule has 2 aliphatic carbocycles. The predicted octanol–water partition coefficient (Wildman–Crippen LogP) is 3.90. The second-order valence-corrected chi connectivity index (χ2v) is 8.22. The van der Waals surface area contributed by atoms with Gasteiger partial charge in [0.2, 0.25) is 0 Å². The highest BCUT2D eigenvalue weighted by molar-refractivity contribution is 7.17. The molecule has 4 atom stereocenters. The van der Waals surface area contributed by atoms with Crippen molar-refractivity contribution < 1.29 is 4.74 Å². The number of pyridine rings is 1. The van der Waals surface area contributed by atoms with Crippen molar-refractivity contribution in [3.05, 3.63) is 29.3 Å². The minimum Gasteiger partial charge on any atom is -0.377 e. The van der Waals surface area contributed by atoms with Gasteiger partial charge in [-0.2, -0.15) is 0 Å². The van der Waals surface area contributed by atoms with E-state index in [0.29, 0.717) is 23.6 Å². The average Bonchev–Trinajstić information content (AvgIpc) is 3.09. The third-order valence-electron chi connectivity index (χ3n) is 6.29. The third-order valence-corrected chi connectivity index (χ3v) is 7.14. The van der Waals surface area contributed by atoms with Crippen LogP contribution in [-0.4, -0.2) is 23.7 Å². The fourth-order valence-corrected chi connectivity index (χ4v) is 5.75. The van der Waals surface area contributed by atoms with Gasteiger partial charge in [-0.1, -0.05) is 6.42 Å². The molecular formula is C18H22N2OS. The van der Waals surface area contributed by atoms with Gasteiger partial charge >= 0.3 is 0 Å². The Labute approximate surface area is 135 Å². The summed E-state index contributed by atoms with van der Waals surface area (Å²) in [4.78, 5) is 4.60. The van der Waals surface area contributed by atoms with Crippen molar-refractivity contribution in [2.45, 2.75) is 50.8 Å². The fourth-order valence-electron chi connectivity index (χ4n) is 4.96. The largest absolute Gasteiger partial charge is 0.377 e. The number of thiophene rings is 1.